The molecule has 1 aliphatic heterocycles. The van der Waals surface area contributed by atoms with Crippen LogP contribution in [0.3, 0.4) is 0 Å². The van der Waals surface area contributed by atoms with Gasteiger partial charge < -0.3 is 14.4 Å². The highest BCUT2D eigenvalue weighted by Gasteiger charge is 2.27. The van der Waals surface area contributed by atoms with Crippen molar-refractivity contribution in [3.8, 4) is 6.07 Å². The van der Waals surface area contributed by atoms with Crippen LogP contribution in [0.2, 0.25) is 5.02 Å². The molecule has 0 radical (unpaired) electrons. The first-order valence-corrected chi connectivity index (χ1v) is 13.8. The maximum absolute atomic E-state index is 13.2. The highest BCUT2D eigenvalue weighted by molar-refractivity contribution is 14.1. The average Bonchev–Trinajstić information content (AvgIpc) is 2.85. The van der Waals surface area contributed by atoms with Crippen LogP contribution < -0.4 is 10.5 Å². The van der Waals surface area contributed by atoms with E-state index in [4.69, 9.17) is 11.6 Å². The SMILES string of the molecule is Cn1c(=O)c(C#N)c(N2CCN(C(=O)c3ccc(CI)c(CI)c3)CC2)c2cc(Cl)ccc21. The van der Waals surface area contributed by atoms with E-state index in [9.17, 15) is 14.9 Å². The Labute approximate surface area is 224 Å². The molecule has 1 saturated heterocycles. The van der Waals surface area contributed by atoms with E-state index < -0.39 is 0 Å². The normalized spacial score (nSPS) is 13.9. The Kier molecular flexibility index (Phi) is 7.50. The number of carbonyl (C=O) groups is 1. The van der Waals surface area contributed by atoms with E-state index in [1.165, 1.54) is 15.7 Å². The number of hydrogen-bond donors (Lipinski definition) is 0. The zero-order chi connectivity index (χ0) is 23.7. The predicted octanol–water partition coefficient (Wildman–Crippen LogP) is 4.90. The third-order valence-electron chi connectivity index (χ3n) is 6.07. The molecule has 33 heavy (non-hydrogen) atoms. The van der Waals surface area contributed by atoms with Crippen LogP contribution in [0.25, 0.3) is 10.9 Å². The Morgan fingerprint density at radius 2 is 1.76 bits per heavy atom. The number of hydrogen-bond acceptors (Lipinski definition) is 4. The summed E-state index contributed by atoms with van der Waals surface area (Å²) in [6, 6.07) is 13.4. The third-order valence-corrected chi connectivity index (χ3v) is 7.95. The molecule has 0 atom stereocenters. The third kappa shape index (κ3) is 4.59. The van der Waals surface area contributed by atoms with Crippen LogP contribution in [0, 0.1) is 11.3 Å². The average molecular weight is 687 g/mol. The lowest BCUT2D eigenvalue weighted by molar-refractivity contribution is 0.0747. The molecule has 1 aliphatic rings. The van der Waals surface area contributed by atoms with Gasteiger partial charge in [-0.1, -0.05) is 62.8 Å². The quantitative estimate of drug-likeness (QED) is 0.290. The van der Waals surface area contributed by atoms with Crippen LogP contribution in [-0.2, 0) is 15.9 Å². The number of aromatic nitrogens is 1. The van der Waals surface area contributed by atoms with Crippen LogP contribution in [0.4, 0.5) is 5.69 Å². The molecule has 1 amide bonds. The zero-order valence-corrected chi connectivity index (χ0v) is 23.0. The van der Waals surface area contributed by atoms with Gasteiger partial charge in [0.15, 0.2) is 0 Å². The summed E-state index contributed by atoms with van der Waals surface area (Å²) in [6.45, 7) is 2.07. The second kappa shape index (κ2) is 10.2. The number of benzene rings is 2. The van der Waals surface area contributed by atoms with Gasteiger partial charge in [-0.25, -0.2) is 0 Å². The maximum atomic E-state index is 13.2. The van der Waals surface area contributed by atoms with Crippen molar-refractivity contribution >= 4 is 79.3 Å². The highest BCUT2D eigenvalue weighted by Crippen LogP contribution is 2.31. The Morgan fingerprint density at radius 1 is 1.06 bits per heavy atom. The molecule has 1 aromatic heterocycles. The molecular formula is C24H21ClI2N4O2. The number of nitriles is 1. The topological polar surface area (TPSA) is 69.3 Å². The lowest BCUT2D eigenvalue weighted by Gasteiger charge is -2.37. The summed E-state index contributed by atoms with van der Waals surface area (Å²) in [5.41, 5.74) is 4.24. The van der Waals surface area contributed by atoms with Gasteiger partial charge in [-0.3, -0.25) is 9.59 Å². The number of fused-ring (bicyclic) bond motifs is 1. The Hall–Kier alpha value is -1.84. The Balaban J connectivity index is 1.63. The summed E-state index contributed by atoms with van der Waals surface area (Å²) in [5.74, 6) is 0.0122. The number of rotatable bonds is 4. The monoisotopic (exact) mass is 686 g/mol. The minimum atomic E-state index is -0.331. The van der Waals surface area contributed by atoms with Crippen molar-refractivity contribution < 1.29 is 4.79 Å². The standard InChI is InChI=1S/C24H21ClI2N4O2/c1-29-21-5-4-18(25)11-19(21)22(20(14-28)24(29)33)30-6-8-31(9-7-30)23(32)15-2-3-16(12-26)17(10-15)13-27/h2-5,10-11H,6-9,12-13H2,1H3. The van der Waals surface area contributed by atoms with Crippen LogP contribution in [0.5, 0.6) is 0 Å². The van der Waals surface area contributed by atoms with Crippen molar-refractivity contribution in [1.29, 1.82) is 5.26 Å². The van der Waals surface area contributed by atoms with E-state index in [-0.39, 0.29) is 17.0 Å². The van der Waals surface area contributed by atoms with Crippen molar-refractivity contribution in [1.82, 2.24) is 9.47 Å². The largest absolute Gasteiger partial charge is 0.366 e. The molecule has 0 spiro atoms. The van der Waals surface area contributed by atoms with E-state index in [2.05, 4.69) is 51.3 Å². The number of amides is 1. The first-order valence-electron chi connectivity index (χ1n) is 10.4. The minimum absolute atomic E-state index is 0.0122. The molecule has 3 aromatic rings. The fourth-order valence-corrected chi connectivity index (χ4v) is 5.89. The van der Waals surface area contributed by atoms with Gasteiger partial charge in [0, 0.05) is 58.1 Å². The summed E-state index contributed by atoms with van der Waals surface area (Å²) >= 11 is 10.9. The minimum Gasteiger partial charge on any atom is -0.366 e. The second-order valence-corrected chi connectivity index (χ2v) is 9.85. The molecule has 0 bridgehead atoms. The van der Waals surface area contributed by atoms with Crippen LogP contribution in [-0.4, -0.2) is 41.6 Å². The predicted molar refractivity (Wildman–Crippen MR) is 149 cm³/mol. The molecule has 0 aliphatic carbocycles. The van der Waals surface area contributed by atoms with Gasteiger partial charge in [0.1, 0.15) is 11.6 Å². The maximum Gasteiger partial charge on any atom is 0.270 e. The van der Waals surface area contributed by atoms with Crippen LogP contribution in [0.15, 0.2) is 41.2 Å². The number of piperazine rings is 1. The second-order valence-electron chi connectivity index (χ2n) is 7.89. The first-order chi connectivity index (χ1) is 15.9. The van der Waals surface area contributed by atoms with E-state index in [0.717, 1.165) is 19.8 Å². The number of halogens is 3. The lowest BCUT2D eigenvalue weighted by Crippen LogP contribution is -2.49. The molecule has 4 rings (SSSR count). The van der Waals surface area contributed by atoms with Crippen LogP contribution >= 0.6 is 56.8 Å². The lowest BCUT2D eigenvalue weighted by atomic mass is 10.0. The Morgan fingerprint density at radius 3 is 2.39 bits per heavy atom. The highest BCUT2D eigenvalue weighted by atomic mass is 127. The first kappa shape index (κ1) is 24.3. The molecule has 170 valence electrons. The number of nitrogens with zero attached hydrogens (tertiary/aromatic N) is 4. The van der Waals surface area contributed by atoms with Crippen molar-refractivity contribution in [3.05, 3.63) is 74.0 Å². The van der Waals surface area contributed by atoms with E-state index in [1.54, 1.807) is 25.2 Å². The summed E-state index contributed by atoms with van der Waals surface area (Å²) < 4.78 is 3.26. The van der Waals surface area contributed by atoms with E-state index in [1.807, 2.05) is 28.0 Å². The fourth-order valence-electron chi connectivity index (χ4n) is 4.26. The summed E-state index contributed by atoms with van der Waals surface area (Å²) in [4.78, 5) is 29.9. The molecule has 0 saturated carbocycles. The molecular weight excluding hydrogens is 666 g/mol. The number of aryl methyl sites for hydroxylation is 1. The molecule has 6 nitrogen and oxygen atoms in total. The number of alkyl halides is 2. The number of carbonyl (C=O) groups excluding carboxylic acids is 1. The summed E-state index contributed by atoms with van der Waals surface area (Å²) in [6.07, 6.45) is 0. The van der Waals surface area contributed by atoms with E-state index >= 15 is 0 Å². The molecule has 0 unspecified atom stereocenters. The van der Waals surface area contributed by atoms with Gasteiger partial charge in [-0.05, 0) is 41.5 Å². The van der Waals surface area contributed by atoms with Crippen molar-refractivity contribution in [3.63, 3.8) is 0 Å². The van der Waals surface area contributed by atoms with Gasteiger partial charge >= 0.3 is 0 Å². The van der Waals surface area contributed by atoms with E-state index in [0.29, 0.717) is 42.5 Å². The van der Waals surface area contributed by atoms with Gasteiger partial charge in [0.2, 0.25) is 0 Å². The smallest absolute Gasteiger partial charge is 0.270 e. The van der Waals surface area contributed by atoms with Crippen LogP contribution in [0.1, 0.15) is 27.0 Å². The number of anilines is 1. The summed E-state index contributed by atoms with van der Waals surface area (Å²) in [5, 5.41) is 11.1. The molecule has 9 heteroatoms. The van der Waals surface area contributed by atoms with Gasteiger partial charge in [-0.15, -0.1) is 0 Å². The van der Waals surface area contributed by atoms with Crippen molar-refractivity contribution in [2.24, 2.45) is 7.05 Å². The molecule has 1 fully saturated rings. The zero-order valence-electron chi connectivity index (χ0n) is 17.9. The van der Waals surface area contributed by atoms with Gasteiger partial charge in [-0.2, -0.15) is 5.26 Å². The molecule has 2 aromatic carbocycles. The van der Waals surface area contributed by atoms with Crippen molar-refractivity contribution in [2.75, 3.05) is 31.1 Å². The Bertz CT molecular complexity index is 1340. The fraction of sp³-hybridized carbons (Fsp3) is 0.292. The molecule has 0 N–H and O–H groups in total. The van der Waals surface area contributed by atoms with Gasteiger partial charge in [0.25, 0.3) is 11.5 Å². The summed E-state index contributed by atoms with van der Waals surface area (Å²) in [7, 11) is 1.66. The van der Waals surface area contributed by atoms with Crippen molar-refractivity contribution in [2.45, 2.75) is 8.86 Å². The number of pyridine rings is 1. The molecule has 2 heterocycles. The van der Waals surface area contributed by atoms with Gasteiger partial charge in [0.05, 0.1) is 11.2 Å².